The van der Waals surface area contributed by atoms with E-state index in [2.05, 4.69) is 15.6 Å². The highest BCUT2D eigenvalue weighted by molar-refractivity contribution is 6.39. The molecular weight excluding hydrogens is 246 g/mol. The second kappa shape index (κ2) is 6.29. The number of carbonyl (C=O) groups excluding carboxylic acids is 2. The number of nitrogens with one attached hydrogen (secondary N) is 2. The molecule has 1 aromatic heterocycles. The zero-order valence-electron chi connectivity index (χ0n) is 10.5. The van der Waals surface area contributed by atoms with Crippen LogP contribution in [0.15, 0.2) is 24.5 Å². The van der Waals surface area contributed by atoms with Gasteiger partial charge in [-0.15, -0.1) is 0 Å². The van der Waals surface area contributed by atoms with Gasteiger partial charge < -0.3 is 15.7 Å². The van der Waals surface area contributed by atoms with Crippen LogP contribution in [-0.2, 0) is 9.59 Å². The van der Waals surface area contributed by atoms with Gasteiger partial charge >= 0.3 is 11.8 Å². The fourth-order valence-electron chi connectivity index (χ4n) is 1.76. The second-order valence-corrected chi connectivity index (χ2v) is 4.65. The van der Waals surface area contributed by atoms with Gasteiger partial charge in [-0.2, -0.15) is 0 Å². The van der Waals surface area contributed by atoms with Crippen LogP contribution in [0.25, 0.3) is 0 Å². The van der Waals surface area contributed by atoms with Crippen molar-refractivity contribution in [2.24, 2.45) is 5.92 Å². The third-order valence-electron chi connectivity index (χ3n) is 3.02. The van der Waals surface area contributed by atoms with Crippen molar-refractivity contribution in [3.8, 4) is 0 Å². The summed E-state index contributed by atoms with van der Waals surface area (Å²) in [4.78, 5) is 26.8. The van der Waals surface area contributed by atoms with E-state index >= 15 is 0 Å². The Morgan fingerprint density at radius 3 is 2.84 bits per heavy atom. The van der Waals surface area contributed by atoms with Crippen LogP contribution in [-0.4, -0.2) is 34.6 Å². The summed E-state index contributed by atoms with van der Waals surface area (Å²) >= 11 is 0. The normalized spacial score (nSPS) is 15.6. The number of nitrogens with zero attached hydrogens (tertiary/aromatic N) is 1. The van der Waals surface area contributed by atoms with Crippen LogP contribution < -0.4 is 10.6 Å². The number of pyridine rings is 1. The summed E-state index contributed by atoms with van der Waals surface area (Å²) in [5.74, 6) is -1.05. The van der Waals surface area contributed by atoms with Crippen LogP contribution in [0.5, 0.6) is 0 Å². The number of hydrogen-bond acceptors (Lipinski definition) is 4. The van der Waals surface area contributed by atoms with Crippen molar-refractivity contribution in [3.63, 3.8) is 0 Å². The van der Waals surface area contributed by atoms with E-state index in [1.54, 1.807) is 18.3 Å². The lowest BCUT2D eigenvalue weighted by Gasteiger charge is -2.09. The average molecular weight is 263 g/mol. The summed E-state index contributed by atoms with van der Waals surface area (Å²) in [6.07, 6.45) is 5.25. The van der Waals surface area contributed by atoms with Gasteiger partial charge in [0, 0.05) is 12.7 Å². The van der Waals surface area contributed by atoms with E-state index in [0.29, 0.717) is 24.6 Å². The molecule has 1 atom stereocenters. The maximum Gasteiger partial charge on any atom is 0.313 e. The maximum atomic E-state index is 11.5. The Balaban J connectivity index is 1.68. The SMILES string of the molecule is O=C(NCCC(O)C1CC1)C(=O)Nc1cccnc1. The first-order chi connectivity index (χ1) is 9.16. The monoisotopic (exact) mass is 263 g/mol. The molecule has 6 heteroatoms. The van der Waals surface area contributed by atoms with Crippen molar-refractivity contribution in [1.29, 1.82) is 0 Å². The van der Waals surface area contributed by atoms with Crippen molar-refractivity contribution >= 4 is 17.5 Å². The number of anilines is 1. The Hall–Kier alpha value is -1.95. The molecule has 2 rings (SSSR count). The van der Waals surface area contributed by atoms with E-state index in [9.17, 15) is 14.7 Å². The number of rotatable bonds is 5. The molecule has 1 aromatic rings. The van der Waals surface area contributed by atoms with Crippen molar-refractivity contribution in [2.75, 3.05) is 11.9 Å². The standard InChI is InChI=1S/C13H17N3O3/c17-11(9-3-4-9)5-7-15-12(18)13(19)16-10-2-1-6-14-8-10/h1-2,6,8-9,11,17H,3-5,7H2,(H,15,18)(H,16,19). The number of hydrogen-bond donors (Lipinski definition) is 3. The minimum Gasteiger partial charge on any atom is -0.393 e. The molecular formula is C13H17N3O3. The smallest absolute Gasteiger partial charge is 0.313 e. The van der Waals surface area contributed by atoms with Gasteiger partial charge in [-0.25, -0.2) is 0 Å². The largest absolute Gasteiger partial charge is 0.393 e. The zero-order chi connectivity index (χ0) is 13.7. The van der Waals surface area contributed by atoms with Gasteiger partial charge in [0.15, 0.2) is 0 Å². The van der Waals surface area contributed by atoms with Gasteiger partial charge in [-0.05, 0) is 37.3 Å². The molecule has 1 heterocycles. The third-order valence-corrected chi connectivity index (χ3v) is 3.02. The van der Waals surface area contributed by atoms with Gasteiger partial charge in [0.25, 0.3) is 0 Å². The molecule has 0 aromatic carbocycles. The molecule has 0 bridgehead atoms. The summed E-state index contributed by atoms with van der Waals surface area (Å²) in [5.41, 5.74) is 0.473. The predicted octanol–water partition coefficient (Wildman–Crippen LogP) is 0.297. The summed E-state index contributed by atoms with van der Waals surface area (Å²) < 4.78 is 0. The van der Waals surface area contributed by atoms with Crippen LogP contribution in [0.3, 0.4) is 0 Å². The third kappa shape index (κ3) is 4.33. The zero-order valence-corrected chi connectivity index (χ0v) is 10.5. The summed E-state index contributed by atoms with van der Waals surface area (Å²) in [7, 11) is 0. The minimum atomic E-state index is -0.728. The molecule has 1 fully saturated rings. The van der Waals surface area contributed by atoms with E-state index in [4.69, 9.17) is 0 Å². The lowest BCUT2D eigenvalue weighted by Crippen LogP contribution is -2.37. The van der Waals surface area contributed by atoms with Crippen LogP contribution in [0, 0.1) is 5.92 Å². The molecule has 3 N–H and O–H groups in total. The Bertz CT molecular complexity index is 446. The first kappa shape index (κ1) is 13.5. The van der Waals surface area contributed by atoms with Gasteiger partial charge in [0.2, 0.25) is 0 Å². The number of aliphatic hydroxyl groups excluding tert-OH is 1. The first-order valence-electron chi connectivity index (χ1n) is 6.34. The highest BCUT2D eigenvalue weighted by Gasteiger charge is 2.29. The molecule has 1 saturated carbocycles. The Labute approximate surface area is 111 Å². The Morgan fingerprint density at radius 2 is 2.21 bits per heavy atom. The van der Waals surface area contributed by atoms with Crippen LogP contribution in [0.4, 0.5) is 5.69 Å². The quantitative estimate of drug-likeness (QED) is 0.666. The van der Waals surface area contributed by atoms with Crippen molar-refractivity contribution in [3.05, 3.63) is 24.5 Å². The molecule has 0 saturated heterocycles. The number of carbonyl (C=O) groups is 2. The van der Waals surface area contributed by atoms with Crippen molar-refractivity contribution < 1.29 is 14.7 Å². The summed E-state index contributed by atoms with van der Waals surface area (Å²) in [5, 5.41) is 14.5. The second-order valence-electron chi connectivity index (χ2n) is 4.65. The highest BCUT2D eigenvalue weighted by Crippen LogP contribution is 2.33. The molecule has 0 radical (unpaired) electrons. The van der Waals surface area contributed by atoms with Gasteiger partial charge in [0.05, 0.1) is 18.0 Å². The first-order valence-corrected chi connectivity index (χ1v) is 6.34. The summed E-state index contributed by atoms with van der Waals surface area (Å²) in [6, 6.07) is 3.31. The minimum absolute atomic E-state index is 0.303. The molecule has 1 aliphatic carbocycles. The van der Waals surface area contributed by atoms with Crippen LogP contribution in [0.1, 0.15) is 19.3 Å². The number of aliphatic hydroxyl groups is 1. The molecule has 1 aliphatic rings. The Morgan fingerprint density at radius 1 is 1.42 bits per heavy atom. The lowest BCUT2D eigenvalue weighted by molar-refractivity contribution is -0.136. The van der Waals surface area contributed by atoms with E-state index in [1.807, 2.05) is 0 Å². The molecule has 0 aliphatic heterocycles. The fourth-order valence-corrected chi connectivity index (χ4v) is 1.76. The van der Waals surface area contributed by atoms with Gasteiger partial charge in [-0.3, -0.25) is 14.6 Å². The molecule has 19 heavy (non-hydrogen) atoms. The van der Waals surface area contributed by atoms with E-state index < -0.39 is 11.8 Å². The Kier molecular flexibility index (Phi) is 4.46. The topological polar surface area (TPSA) is 91.3 Å². The lowest BCUT2D eigenvalue weighted by atomic mass is 10.2. The fraction of sp³-hybridized carbons (Fsp3) is 0.462. The summed E-state index contributed by atoms with van der Waals surface area (Å²) in [6.45, 7) is 0.303. The van der Waals surface area contributed by atoms with E-state index in [0.717, 1.165) is 12.8 Å². The van der Waals surface area contributed by atoms with Crippen LogP contribution in [0.2, 0.25) is 0 Å². The predicted molar refractivity (Wildman–Crippen MR) is 69.2 cm³/mol. The van der Waals surface area contributed by atoms with Gasteiger partial charge in [0.1, 0.15) is 0 Å². The van der Waals surface area contributed by atoms with E-state index in [-0.39, 0.29) is 6.10 Å². The molecule has 2 amide bonds. The van der Waals surface area contributed by atoms with Crippen molar-refractivity contribution in [2.45, 2.75) is 25.4 Å². The molecule has 1 unspecified atom stereocenters. The number of aromatic nitrogens is 1. The van der Waals surface area contributed by atoms with E-state index in [1.165, 1.54) is 6.20 Å². The average Bonchev–Trinajstić information content (AvgIpc) is 3.24. The highest BCUT2D eigenvalue weighted by atomic mass is 16.3. The molecule has 0 spiro atoms. The maximum absolute atomic E-state index is 11.5. The molecule has 6 nitrogen and oxygen atoms in total. The molecule has 102 valence electrons. The van der Waals surface area contributed by atoms with Crippen LogP contribution >= 0.6 is 0 Å². The van der Waals surface area contributed by atoms with Gasteiger partial charge in [-0.1, -0.05) is 0 Å². The number of amides is 2. The van der Waals surface area contributed by atoms with Crippen molar-refractivity contribution in [1.82, 2.24) is 10.3 Å².